The summed E-state index contributed by atoms with van der Waals surface area (Å²) in [4.78, 5) is 24.4. The van der Waals surface area contributed by atoms with Gasteiger partial charge in [0.15, 0.2) is 0 Å². The van der Waals surface area contributed by atoms with Crippen LogP contribution in [-0.2, 0) is 20.9 Å². The Bertz CT molecular complexity index is 516. The van der Waals surface area contributed by atoms with Crippen molar-refractivity contribution in [2.75, 3.05) is 25.2 Å². The average Bonchev–Trinajstić information content (AvgIpc) is 2.37. The number of carbonyl (C=O) groups is 2. The van der Waals surface area contributed by atoms with E-state index in [0.717, 1.165) is 17.0 Å². The van der Waals surface area contributed by atoms with Crippen LogP contribution in [0.5, 0.6) is 5.75 Å². The third kappa shape index (κ3) is 3.71. The Balaban J connectivity index is 2.04. The summed E-state index contributed by atoms with van der Waals surface area (Å²) in [6.45, 7) is 4.74. The van der Waals surface area contributed by atoms with E-state index in [9.17, 15) is 9.59 Å². The van der Waals surface area contributed by atoms with Crippen molar-refractivity contribution in [1.82, 2.24) is 4.90 Å². The van der Waals surface area contributed by atoms with Crippen LogP contribution in [0.3, 0.4) is 0 Å². The molecule has 6 nitrogen and oxygen atoms in total. The second kappa shape index (κ2) is 6.38. The maximum Gasteiger partial charge on any atom is 0.320 e. The molecule has 1 amide bonds. The first-order valence-electron chi connectivity index (χ1n) is 6.49. The number of ether oxygens (including phenoxy) is 2. The molecule has 20 heavy (non-hydrogen) atoms. The molecule has 0 saturated carbocycles. The van der Waals surface area contributed by atoms with Gasteiger partial charge < -0.3 is 14.8 Å². The molecule has 1 aliphatic heterocycles. The lowest BCUT2D eigenvalue weighted by molar-refractivity contribution is -0.145. The zero-order valence-corrected chi connectivity index (χ0v) is 11.6. The second-order valence-corrected chi connectivity index (χ2v) is 4.57. The first-order valence-corrected chi connectivity index (χ1v) is 6.49. The Morgan fingerprint density at radius 1 is 1.45 bits per heavy atom. The van der Waals surface area contributed by atoms with E-state index in [1.165, 1.54) is 6.92 Å². The molecule has 1 N–H and O–H groups in total. The summed E-state index contributed by atoms with van der Waals surface area (Å²) < 4.78 is 10.5. The zero-order valence-electron chi connectivity index (χ0n) is 11.6. The van der Waals surface area contributed by atoms with Gasteiger partial charge in [-0.05, 0) is 25.1 Å². The minimum absolute atomic E-state index is 0.120. The third-order valence-corrected chi connectivity index (χ3v) is 2.84. The van der Waals surface area contributed by atoms with Crippen molar-refractivity contribution in [1.29, 1.82) is 0 Å². The van der Waals surface area contributed by atoms with E-state index in [0.29, 0.717) is 19.9 Å². The lowest BCUT2D eigenvalue weighted by atomic mass is 10.1. The number of fused-ring (bicyclic) bond motifs is 1. The largest absolute Gasteiger partial charge is 0.478 e. The number of benzene rings is 1. The van der Waals surface area contributed by atoms with Crippen LogP contribution >= 0.6 is 0 Å². The highest BCUT2D eigenvalue weighted by molar-refractivity contribution is 5.88. The number of amides is 1. The molecule has 6 heteroatoms. The van der Waals surface area contributed by atoms with Crippen LogP contribution in [0.2, 0.25) is 0 Å². The summed E-state index contributed by atoms with van der Waals surface area (Å²) in [5.74, 6) is 0.391. The summed E-state index contributed by atoms with van der Waals surface area (Å²) >= 11 is 0. The van der Waals surface area contributed by atoms with Crippen molar-refractivity contribution in [3.8, 4) is 5.75 Å². The number of nitrogens with zero attached hydrogens (tertiary/aromatic N) is 1. The number of esters is 1. The van der Waals surface area contributed by atoms with E-state index in [2.05, 4.69) is 5.32 Å². The van der Waals surface area contributed by atoms with Gasteiger partial charge in [0.05, 0.1) is 13.2 Å². The molecule has 0 saturated heterocycles. The van der Waals surface area contributed by atoms with Gasteiger partial charge in [-0.1, -0.05) is 0 Å². The van der Waals surface area contributed by atoms with Crippen LogP contribution in [0, 0.1) is 0 Å². The van der Waals surface area contributed by atoms with E-state index in [1.54, 1.807) is 13.0 Å². The minimum atomic E-state index is -0.266. The monoisotopic (exact) mass is 278 g/mol. The number of rotatable bonds is 4. The first kappa shape index (κ1) is 14.3. The number of carbonyl (C=O) groups excluding carboxylic acids is 2. The fraction of sp³-hybridized carbons (Fsp3) is 0.429. The molecule has 1 heterocycles. The van der Waals surface area contributed by atoms with Gasteiger partial charge in [-0.3, -0.25) is 14.5 Å². The van der Waals surface area contributed by atoms with E-state index < -0.39 is 0 Å². The maximum atomic E-state index is 11.5. The summed E-state index contributed by atoms with van der Waals surface area (Å²) in [7, 11) is 0. The quantitative estimate of drug-likeness (QED) is 0.842. The topological polar surface area (TPSA) is 67.9 Å². The van der Waals surface area contributed by atoms with Gasteiger partial charge >= 0.3 is 5.97 Å². The molecule has 108 valence electrons. The molecule has 0 spiro atoms. The molecular formula is C14H18N2O4. The van der Waals surface area contributed by atoms with Crippen molar-refractivity contribution in [2.45, 2.75) is 20.4 Å². The maximum absolute atomic E-state index is 11.5. The lowest BCUT2D eigenvalue weighted by Crippen LogP contribution is -2.36. The summed E-state index contributed by atoms with van der Waals surface area (Å²) in [6.07, 6.45) is 0. The van der Waals surface area contributed by atoms with Gasteiger partial charge in [-0.15, -0.1) is 0 Å². The molecule has 0 fully saturated rings. The first-order chi connectivity index (χ1) is 9.58. The standard InChI is InChI=1S/C14H18N2O4/c1-3-19-14(18)8-16-7-11-6-12(15-10(2)17)4-5-13(11)20-9-16/h4-6H,3,7-9H2,1-2H3,(H,15,17). The summed E-state index contributed by atoms with van der Waals surface area (Å²) in [5.41, 5.74) is 1.66. The summed E-state index contributed by atoms with van der Waals surface area (Å²) in [5, 5.41) is 2.73. The van der Waals surface area contributed by atoms with Gasteiger partial charge in [0.25, 0.3) is 0 Å². The van der Waals surface area contributed by atoms with Crippen LogP contribution in [0.1, 0.15) is 19.4 Å². The molecule has 0 bridgehead atoms. The van der Waals surface area contributed by atoms with Crippen molar-refractivity contribution in [2.24, 2.45) is 0 Å². The van der Waals surface area contributed by atoms with E-state index >= 15 is 0 Å². The van der Waals surface area contributed by atoms with Gasteiger partial charge in [-0.25, -0.2) is 0 Å². The van der Waals surface area contributed by atoms with E-state index in [1.807, 2.05) is 17.0 Å². The predicted octanol–water partition coefficient (Wildman–Crippen LogP) is 1.36. The third-order valence-electron chi connectivity index (χ3n) is 2.84. The second-order valence-electron chi connectivity index (χ2n) is 4.57. The summed E-state index contributed by atoms with van der Waals surface area (Å²) in [6, 6.07) is 5.47. The van der Waals surface area contributed by atoms with Gasteiger partial charge in [-0.2, -0.15) is 0 Å². The highest BCUT2D eigenvalue weighted by atomic mass is 16.5. The number of anilines is 1. The van der Waals surface area contributed by atoms with Crippen LogP contribution in [-0.4, -0.2) is 36.7 Å². The molecule has 0 aromatic heterocycles. The highest BCUT2D eigenvalue weighted by Gasteiger charge is 2.20. The Morgan fingerprint density at radius 2 is 2.25 bits per heavy atom. The Labute approximate surface area is 117 Å². The molecule has 0 unspecified atom stereocenters. The molecule has 0 aliphatic carbocycles. The molecule has 0 radical (unpaired) electrons. The average molecular weight is 278 g/mol. The SMILES string of the molecule is CCOC(=O)CN1COc2ccc(NC(C)=O)cc2C1. The fourth-order valence-electron chi connectivity index (χ4n) is 2.06. The minimum Gasteiger partial charge on any atom is -0.478 e. The van der Waals surface area contributed by atoms with E-state index in [-0.39, 0.29) is 18.4 Å². The van der Waals surface area contributed by atoms with Crippen molar-refractivity contribution < 1.29 is 19.1 Å². The van der Waals surface area contributed by atoms with Crippen molar-refractivity contribution >= 4 is 17.6 Å². The normalized spacial score (nSPS) is 14.1. The Hall–Kier alpha value is -2.08. The van der Waals surface area contributed by atoms with Crippen LogP contribution in [0.25, 0.3) is 0 Å². The smallest absolute Gasteiger partial charge is 0.320 e. The Morgan fingerprint density at radius 3 is 2.95 bits per heavy atom. The highest BCUT2D eigenvalue weighted by Crippen LogP contribution is 2.27. The fourth-order valence-corrected chi connectivity index (χ4v) is 2.06. The molecule has 0 atom stereocenters. The molecule has 1 aromatic carbocycles. The molecule has 1 aromatic rings. The molecular weight excluding hydrogens is 260 g/mol. The molecule has 2 rings (SSSR count). The van der Waals surface area contributed by atoms with E-state index in [4.69, 9.17) is 9.47 Å². The van der Waals surface area contributed by atoms with Crippen molar-refractivity contribution in [3.63, 3.8) is 0 Å². The Kier molecular flexibility index (Phi) is 4.57. The molecule has 1 aliphatic rings. The lowest BCUT2D eigenvalue weighted by Gasteiger charge is -2.28. The number of nitrogens with one attached hydrogen (secondary N) is 1. The van der Waals surface area contributed by atoms with Crippen molar-refractivity contribution in [3.05, 3.63) is 23.8 Å². The number of hydrogen-bond acceptors (Lipinski definition) is 5. The van der Waals surface area contributed by atoms with Gasteiger partial charge in [0.2, 0.25) is 5.91 Å². The van der Waals surface area contributed by atoms with Crippen LogP contribution in [0.4, 0.5) is 5.69 Å². The van der Waals surface area contributed by atoms with Crippen LogP contribution < -0.4 is 10.1 Å². The predicted molar refractivity (Wildman–Crippen MR) is 73.3 cm³/mol. The number of hydrogen-bond donors (Lipinski definition) is 1. The van der Waals surface area contributed by atoms with Crippen LogP contribution in [0.15, 0.2) is 18.2 Å². The zero-order chi connectivity index (χ0) is 14.5. The van der Waals surface area contributed by atoms with Gasteiger partial charge in [0, 0.05) is 24.7 Å². The van der Waals surface area contributed by atoms with Gasteiger partial charge in [0.1, 0.15) is 12.5 Å².